The number of carbonyl (C=O) groups is 1. The molecule has 3 aromatic rings. The van der Waals surface area contributed by atoms with E-state index in [1.807, 2.05) is 32.0 Å². The highest BCUT2D eigenvalue weighted by Crippen LogP contribution is 2.19. The van der Waals surface area contributed by atoms with Gasteiger partial charge in [-0.05, 0) is 50.1 Å². The summed E-state index contributed by atoms with van der Waals surface area (Å²) >= 11 is 5.87. The maximum Gasteiger partial charge on any atom is 0.365 e. The number of benzene rings is 2. The Bertz CT molecular complexity index is 1040. The predicted molar refractivity (Wildman–Crippen MR) is 106 cm³/mol. The van der Waals surface area contributed by atoms with Crippen molar-refractivity contribution in [1.82, 2.24) is 14.8 Å². The fourth-order valence-corrected chi connectivity index (χ4v) is 2.72. The zero-order valence-corrected chi connectivity index (χ0v) is 16.0. The molecule has 1 heterocycles. The van der Waals surface area contributed by atoms with Gasteiger partial charge in [0, 0.05) is 16.3 Å². The van der Waals surface area contributed by atoms with Crippen LogP contribution in [0.15, 0.2) is 53.5 Å². The van der Waals surface area contributed by atoms with Crippen molar-refractivity contribution >= 4 is 23.2 Å². The van der Waals surface area contributed by atoms with Gasteiger partial charge in [0.2, 0.25) is 5.91 Å². The second-order valence-corrected chi connectivity index (χ2v) is 6.80. The first-order valence-corrected chi connectivity index (χ1v) is 8.83. The highest BCUT2D eigenvalue weighted by atomic mass is 35.5. The van der Waals surface area contributed by atoms with Crippen molar-refractivity contribution in [2.24, 2.45) is 0 Å². The summed E-state index contributed by atoms with van der Waals surface area (Å²) in [7, 11) is 0. The van der Waals surface area contributed by atoms with Crippen LogP contribution in [0.1, 0.15) is 24.1 Å². The smallest absolute Gasteiger partial charge is 0.324 e. The summed E-state index contributed by atoms with van der Waals surface area (Å²) in [6, 6.07) is 11.9. The molecule has 0 unspecified atom stereocenters. The van der Waals surface area contributed by atoms with Crippen LogP contribution >= 0.6 is 11.6 Å². The fraction of sp³-hybridized carbons (Fsp3) is 0.200. The first kappa shape index (κ1) is 18.8. The van der Waals surface area contributed by atoms with Gasteiger partial charge in [-0.15, -0.1) is 0 Å². The largest absolute Gasteiger partial charge is 0.365 e. The van der Waals surface area contributed by atoms with Crippen molar-refractivity contribution in [1.29, 1.82) is 0 Å². The molecule has 2 aromatic carbocycles. The summed E-state index contributed by atoms with van der Waals surface area (Å²) in [6.45, 7) is 5.47. The van der Waals surface area contributed by atoms with Crippen LogP contribution in [0.5, 0.6) is 0 Å². The van der Waals surface area contributed by atoms with Gasteiger partial charge in [0.25, 0.3) is 0 Å². The quantitative estimate of drug-likeness (QED) is 0.745. The van der Waals surface area contributed by atoms with E-state index in [2.05, 4.69) is 15.4 Å². The van der Waals surface area contributed by atoms with Gasteiger partial charge in [0.1, 0.15) is 6.04 Å². The van der Waals surface area contributed by atoms with E-state index in [-0.39, 0.29) is 5.91 Å². The highest BCUT2D eigenvalue weighted by Gasteiger charge is 2.19. The Hall–Kier alpha value is -2.99. The van der Waals surface area contributed by atoms with E-state index in [1.54, 1.807) is 31.2 Å². The maximum atomic E-state index is 12.6. The average molecular weight is 383 g/mol. The second kappa shape index (κ2) is 7.72. The second-order valence-electron chi connectivity index (χ2n) is 6.36. The SMILES string of the molecule is Cc1ccc(C)c(NC(=O)[C@@H](C)n2ncc(-c3ccc(Cl)cc3)nc2=O)c1. The molecule has 3 rings (SSSR count). The topological polar surface area (TPSA) is 76.9 Å². The number of hydrogen-bond donors (Lipinski definition) is 1. The van der Waals surface area contributed by atoms with E-state index in [0.717, 1.165) is 21.4 Å². The molecular formula is C20H19ClN4O2. The van der Waals surface area contributed by atoms with E-state index in [9.17, 15) is 9.59 Å². The van der Waals surface area contributed by atoms with E-state index in [1.165, 1.54) is 6.20 Å². The third kappa shape index (κ3) is 4.23. The standard InChI is InChI=1S/C20H19ClN4O2/c1-12-4-5-13(2)17(10-12)23-19(26)14(3)25-20(27)24-18(11-22-25)15-6-8-16(21)9-7-15/h4-11,14H,1-3H3,(H,23,26)/t14-/m1/s1. The molecule has 0 aliphatic rings. The van der Waals surface area contributed by atoms with Crippen LogP contribution in [-0.2, 0) is 4.79 Å². The molecule has 1 aromatic heterocycles. The van der Waals surface area contributed by atoms with Crippen molar-refractivity contribution in [2.45, 2.75) is 26.8 Å². The van der Waals surface area contributed by atoms with E-state index in [4.69, 9.17) is 11.6 Å². The summed E-state index contributed by atoms with van der Waals surface area (Å²) in [6.07, 6.45) is 1.46. The maximum absolute atomic E-state index is 12.6. The normalized spacial score (nSPS) is 11.9. The van der Waals surface area contributed by atoms with Crippen LogP contribution in [0.4, 0.5) is 5.69 Å². The van der Waals surface area contributed by atoms with Crippen LogP contribution in [0.2, 0.25) is 5.02 Å². The van der Waals surface area contributed by atoms with Gasteiger partial charge >= 0.3 is 5.69 Å². The van der Waals surface area contributed by atoms with Crippen molar-refractivity contribution in [3.8, 4) is 11.3 Å². The van der Waals surface area contributed by atoms with Crippen LogP contribution in [0.3, 0.4) is 0 Å². The molecule has 0 radical (unpaired) electrons. The molecule has 0 aliphatic heterocycles. The highest BCUT2D eigenvalue weighted by molar-refractivity contribution is 6.30. The fourth-order valence-electron chi connectivity index (χ4n) is 2.59. The van der Waals surface area contributed by atoms with Crippen LogP contribution in [-0.4, -0.2) is 20.7 Å². The molecule has 27 heavy (non-hydrogen) atoms. The molecule has 1 atom stereocenters. The lowest BCUT2D eigenvalue weighted by Gasteiger charge is -2.15. The molecular weight excluding hydrogens is 364 g/mol. The van der Waals surface area contributed by atoms with Gasteiger partial charge in [-0.2, -0.15) is 10.1 Å². The molecule has 138 valence electrons. The Morgan fingerprint density at radius 1 is 1.15 bits per heavy atom. The molecule has 1 amide bonds. The Morgan fingerprint density at radius 3 is 2.52 bits per heavy atom. The molecule has 0 spiro atoms. The number of anilines is 1. The van der Waals surface area contributed by atoms with Crippen molar-refractivity contribution in [2.75, 3.05) is 5.32 Å². The van der Waals surface area contributed by atoms with Gasteiger partial charge in [0.15, 0.2) is 0 Å². The number of hydrogen-bond acceptors (Lipinski definition) is 4. The number of carbonyl (C=O) groups excluding carboxylic acids is 1. The molecule has 0 bridgehead atoms. The zero-order chi connectivity index (χ0) is 19.6. The Balaban J connectivity index is 1.83. The van der Waals surface area contributed by atoms with Gasteiger partial charge in [-0.1, -0.05) is 35.9 Å². The minimum absolute atomic E-state index is 0.334. The summed E-state index contributed by atoms with van der Waals surface area (Å²) < 4.78 is 1.07. The predicted octanol–water partition coefficient (Wildman–Crippen LogP) is 3.78. The van der Waals surface area contributed by atoms with Crippen molar-refractivity contribution < 1.29 is 4.79 Å². The monoisotopic (exact) mass is 382 g/mol. The minimum atomic E-state index is -0.802. The molecule has 7 heteroatoms. The number of rotatable bonds is 4. The van der Waals surface area contributed by atoms with Gasteiger partial charge in [0.05, 0.1) is 11.9 Å². The number of halogens is 1. The summed E-state index contributed by atoms with van der Waals surface area (Å²) in [5, 5.41) is 7.57. The lowest BCUT2D eigenvalue weighted by Crippen LogP contribution is -2.35. The molecule has 0 aliphatic carbocycles. The first-order chi connectivity index (χ1) is 12.8. The van der Waals surface area contributed by atoms with Crippen LogP contribution in [0.25, 0.3) is 11.3 Å². The van der Waals surface area contributed by atoms with Crippen LogP contribution in [0, 0.1) is 13.8 Å². The zero-order valence-electron chi connectivity index (χ0n) is 15.2. The first-order valence-electron chi connectivity index (χ1n) is 8.45. The summed E-state index contributed by atoms with van der Waals surface area (Å²) in [4.78, 5) is 29.0. The van der Waals surface area contributed by atoms with Crippen molar-refractivity contribution in [3.05, 3.63) is 75.3 Å². The Morgan fingerprint density at radius 2 is 1.85 bits per heavy atom. The van der Waals surface area contributed by atoms with Gasteiger partial charge in [-0.25, -0.2) is 9.48 Å². The Labute approximate surface area is 161 Å². The van der Waals surface area contributed by atoms with E-state index < -0.39 is 11.7 Å². The number of nitrogens with zero attached hydrogens (tertiary/aromatic N) is 3. The molecule has 1 N–H and O–H groups in total. The minimum Gasteiger partial charge on any atom is -0.324 e. The van der Waals surface area contributed by atoms with Crippen molar-refractivity contribution in [3.63, 3.8) is 0 Å². The molecule has 6 nitrogen and oxygen atoms in total. The van der Waals surface area contributed by atoms with Gasteiger partial charge < -0.3 is 5.32 Å². The third-order valence-corrected chi connectivity index (χ3v) is 4.51. The number of nitrogens with one attached hydrogen (secondary N) is 1. The summed E-state index contributed by atoms with van der Waals surface area (Å²) in [5.74, 6) is -0.334. The number of amides is 1. The van der Waals surface area contributed by atoms with Crippen LogP contribution < -0.4 is 11.0 Å². The Kier molecular flexibility index (Phi) is 5.37. The number of aryl methyl sites for hydroxylation is 2. The third-order valence-electron chi connectivity index (χ3n) is 4.25. The van der Waals surface area contributed by atoms with E-state index in [0.29, 0.717) is 16.4 Å². The average Bonchev–Trinajstić information content (AvgIpc) is 2.64. The van der Waals surface area contributed by atoms with Gasteiger partial charge in [-0.3, -0.25) is 4.79 Å². The lowest BCUT2D eigenvalue weighted by atomic mass is 10.1. The number of aromatic nitrogens is 3. The van der Waals surface area contributed by atoms with E-state index >= 15 is 0 Å². The molecule has 0 fully saturated rings. The lowest BCUT2D eigenvalue weighted by molar-refractivity contribution is -0.119. The molecule has 0 saturated carbocycles. The summed E-state index contributed by atoms with van der Waals surface area (Å²) in [5.41, 5.74) is 3.25. The molecule has 0 saturated heterocycles.